The van der Waals surface area contributed by atoms with Crippen LogP contribution in [0, 0.1) is 0 Å². The topological polar surface area (TPSA) is 46.3 Å². The number of carbonyl (C=O) groups excluding carboxylic acids is 1. The maximum Gasteiger partial charge on any atom is 0.254 e. The number of aromatic nitrogens is 1. The Morgan fingerprint density at radius 1 is 1.32 bits per heavy atom. The number of thiophene rings is 1. The number of amides is 1. The molecule has 1 aliphatic heterocycles. The Morgan fingerprint density at radius 2 is 2.23 bits per heavy atom. The number of rotatable bonds is 2. The molecule has 1 unspecified atom stereocenters. The van der Waals surface area contributed by atoms with Crippen LogP contribution in [0.1, 0.15) is 35.0 Å². The van der Waals surface area contributed by atoms with Crippen LogP contribution in [0.25, 0.3) is 11.1 Å². The maximum atomic E-state index is 12.5. The summed E-state index contributed by atoms with van der Waals surface area (Å²) >= 11 is 1.55. The lowest BCUT2D eigenvalue weighted by Crippen LogP contribution is -2.39. The lowest BCUT2D eigenvalue weighted by atomic mass is 9.97. The van der Waals surface area contributed by atoms with E-state index in [-0.39, 0.29) is 11.8 Å². The molecule has 0 radical (unpaired) electrons. The van der Waals surface area contributed by atoms with Crippen LogP contribution in [0.4, 0.5) is 0 Å². The zero-order chi connectivity index (χ0) is 14.9. The van der Waals surface area contributed by atoms with Crippen LogP contribution in [0.2, 0.25) is 0 Å². The number of fused-ring (bicyclic) bond motifs is 1. The summed E-state index contributed by atoms with van der Waals surface area (Å²) in [6.45, 7) is 1.49. The molecular weight excluding hydrogens is 296 g/mol. The predicted octanol–water partition coefficient (Wildman–Crippen LogP) is 3.91. The molecule has 0 aliphatic carbocycles. The van der Waals surface area contributed by atoms with E-state index in [1.54, 1.807) is 11.3 Å². The average Bonchev–Trinajstić information content (AvgIpc) is 3.23. The number of hydrogen-bond donors (Lipinski definition) is 0. The number of carbonyl (C=O) groups is 1. The fourth-order valence-electron chi connectivity index (χ4n) is 3.00. The first-order valence-corrected chi connectivity index (χ1v) is 8.42. The van der Waals surface area contributed by atoms with Gasteiger partial charge in [0.1, 0.15) is 5.52 Å². The lowest BCUT2D eigenvalue weighted by molar-refractivity contribution is 0.0699. The lowest BCUT2D eigenvalue weighted by Gasteiger charge is -2.31. The molecule has 3 aromatic rings. The van der Waals surface area contributed by atoms with Crippen LogP contribution in [-0.2, 0) is 0 Å². The summed E-state index contributed by atoms with van der Waals surface area (Å²) in [7, 11) is 0. The van der Waals surface area contributed by atoms with Crippen LogP contribution < -0.4 is 0 Å². The molecule has 1 aliphatic rings. The van der Waals surface area contributed by atoms with E-state index in [1.807, 2.05) is 46.0 Å². The van der Waals surface area contributed by atoms with Crippen molar-refractivity contribution >= 4 is 28.3 Å². The van der Waals surface area contributed by atoms with Crippen LogP contribution >= 0.6 is 11.3 Å². The first kappa shape index (κ1) is 13.5. The number of nitrogens with zero attached hydrogens (tertiary/aromatic N) is 2. The molecule has 22 heavy (non-hydrogen) atoms. The molecule has 1 atom stereocenters. The molecule has 4 rings (SSSR count). The van der Waals surface area contributed by atoms with Gasteiger partial charge in [-0.15, -0.1) is 0 Å². The van der Waals surface area contributed by atoms with E-state index in [0.717, 1.165) is 41.9 Å². The number of piperidine rings is 1. The summed E-state index contributed by atoms with van der Waals surface area (Å²) in [5.41, 5.74) is 2.49. The molecule has 0 spiro atoms. The molecule has 1 amide bonds. The Morgan fingerprint density at radius 3 is 3.05 bits per heavy atom. The van der Waals surface area contributed by atoms with Crippen molar-refractivity contribution in [3.8, 4) is 0 Å². The normalized spacial score (nSPS) is 18.7. The Hall–Kier alpha value is -2.14. The van der Waals surface area contributed by atoms with E-state index in [4.69, 9.17) is 4.42 Å². The Balaban J connectivity index is 1.56. The number of oxazole rings is 1. The standard InChI is InChI=1S/C17H16N2O2S/c20-17(13-7-9-22-11-13)19-8-3-4-12(10-19)16-18-14-5-1-2-6-15(14)21-16/h1-2,5-7,9,11-12H,3-4,8,10H2. The average molecular weight is 312 g/mol. The van der Waals surface area contributed by atoms with Gasteiger partial charge < -0.3 is 9.32 Å². The van der Waals surface area contributed by atoms with E-state index >= 15 is 0 Å². The molecule has 0 N–H and O–H groups in total. The van der Waals surface area contributed by atoms with Gasteiger partial charge in [-0.05, 0) is 36.4 Å². The molecule has 0 bridgehead atoms. The Labute approximate surface area is 132 Å². The number of likely N-dealkylation sites (tertiary alicyclic amines) is 1. The monoisotopic (exact) mass is 312 g/mol. The molecule has 1 fully saturated rings. The second-order valence-corrected chi connectivity index (χ2v) is 6.40. The minimum Gasteiger partial charge on any atom is -0.440 e. The van der Waals surface area contributed by atoms with Gasteiger partial charge in [-0.25, -0.2) is 4.98 Å². The molecule has 2 aromatic heterocycles. The summed E-state index contributed by atoms with van der Waals surface area (Å²) < 4.78 is 5.88. The Bertz CT molecular complexity index is 761. The zero-order valence-corrected chi connectivity index (χ0v) is 12.9. The van der Waals surface area contributed by atoms with E-state index in [2.05, 4.69) is 4.98 Å². The fourth-order valence-corrected chi connectivity index (χ4v) is 3.63. The predicted molar refractivity (Wildman–Crippen MR) is 86.2 cm³/mol. The Kier molecular flexibility index (Phi) is 3.42. The van der Waals surface area contributed by atoms with Crippen molar-refractivity contribution in [3.05, 3.63) is 52.5 Å². The van der Waals surface area contributed by atoms with Crippen LogP contribution in [0.3, 0.4) is 0 Å². The third kappa shape index (κ3) is 2.41. The quantitative estimate of drug-likeness (QED) is 0.721. The highest BCUT2D eigenvalue weighted by molar-refractivity contribution is 7.08. The maximum absolute atomic E-state index is 12.5. The molecule has 3 heterocycles. The van der Waals surface area contributed by atoms with Crippen LogP contribution in [0.15, 0.2) is 45.5 Å². The van der Waals surface area contributed by atoms with Gasteiger partial charge in [0.05, 0.1) is 11.5 Å². The van der Waals surface area contributed by atoms with Crippen LogP contribution in [-0.4, -0.2) is 28.9 Å². The number of benzene rings is 1. The summed E-state index contributed by atoms with van der Waals surface area (Å²) in [5.74, 6) is 1.05. The highest BCUT2D eigenvalue weighted by atomic mass is 32.1. The molecule has 5 heteroatoms. The highest BCUT2D eigenvalue weighted by Gasteiger charge is 2.28. The van der Waals surface area contributed by atoms with E-state index < -0.39 is 0 Å². The molecule has 1 saturated heterocycles. The van der Waals surface area contributed by atoms with Gasteiger partial charge in [0.25, 0.3) is 5.91 Å². The number of para-hydroxylation sites is 2. The minimum atomic E-state index is 0.113. The van der Waals surface area contributed by atoms with Gasteiger partial charge in [0, 0.05) is 18.5 Å². The van der Waals surface area contributed by atoms with Crippen molar-refractivity contribution in [2.45, 2.75) is 18.8 Å². The fraction of sp³-hybridized carbons (Fsp3) is 0.294. The highest BCUT2D eigenvalue weighted by Crippen LogP contribution is 2.29. The molecule has 4 nitrogen and oxygen atoms in total. The van der Waals surface area contributed by atoms with E-state index in [1.165, 1.54) is 0 Å². The third-order valence-corrected chi connectivity index (χ3v) is 4.82. The van der Waals surface area contributed by atoms with Crippen molar-refractivity contribution in [1.29, 1.82) is 0 Å². The molecular formula is C17H16N2O2S. The molecule has 0 saturated carbocycles. The van der Waals surface area contributed by atoms with Crippen molar-refractivity contribution < 1.29 is 9.21 Å². The SMILES string of the molecule is O=C(c1ccsc1)N1CCCC(c2nc3ccccc3o2)C1. The van der Waals surface area contributed by atoms with Crippen LogP contribution in [0.5, 0.6) is 0 Å². The van der Waals surface area contributed by atoms with Gasteiger partial charge in [-0.3, -0.25) is 4.79 Å². The summed E-state index contributed by atoms with van der Waals surface area (Å²) in [5, 5.41) is 3.85. The van der Waals surface area contributed by atoms with E-state index in [0.29, 0.717) is 6.54 Å². The van der Waals surface area contributed by atoms with Crippen molar-refractivity contribution in [3.63, 3.8) is 0 Å². The summed E-state index contributed by atoms with van der Waals surface area (Å²) in [6.07, 6.45) is 2.00. The zero-order valence-electron chi connectivity index (χ0n) is 12.1. The molecule has 112 valence electrons. The second kappa shape index (κ2) is 5.57. The smallest absolute Gasteiger partial charge is 0.254 e. The van der Waals surface area contributed by atoms with Gasteiger partial charge >= 0.3 is 0 Å². The van der Waals surface area contributed by atoms with Gasteiger partial charge in [0.2, 0.25) is 0 Å². The summed E-state index contributed by atoms with van der Waals surface area (Å²) in [6, 6.07) is 9.69. The van der Waals surface area contributed by atoms with Crippen molar-refractivity contribution in [2.24, 2.45) is 0 Å². The van der Waals surface area contributed by atoms with Gasteiger partial charge in [-0.1, -0.05) is 12.1 Å². The van der Waals surface area contributed by atoms with Crippen molar-refractivity contribution in [2.75, 3.05) is 13.1 Å². The summed E-state index contributed by atoms with van der Waals surface area (Å²) in [4.78, 5) is 19.0. The third-order valence-electron chi connectivity index (χ3n) is 4.14. The first-order valence-electron chi connectivity index (χ1n) is 7.48. The minimum absolute atomic E-state index is 0.113. The van der Waals surface area contributed by atoms with Crippen molar-refractivity contribution in [1.82, 2.24) is 9.88 Å². The largest absolute Gasteiger partial charge is 0.440 e. The van der Waals surface area contributed by atoms with Gasteiger partial charge in [-0.2, -0.15) is 11.3 Å². The number of hydrogen-bond acceptors (Lipinski definition) is 4. The van der Waals surface area contributed by atoms with E-state index in [9.17, 15) is 4.79 Å². The van der Waals surface area contributed by atoms with Gasteiger partial charge in [0.15, 0.2) is 11.5 Å². The first-order chi connectivity index (χ1) is 10.8. The molecule has 1 aromatic carbocycles. The second-order valence-electron chi connectivity index (χ2n) is 5.62.